The Morgan fingerprint density at radius 1 is 0.750 bits per heavy atom. The van der Waals surface area contributed by atoms with Crippen molar-refractivity contribution in [3.8, 4) is 11.1 Å². The highest BCUT2D eigenvalue weighted by Crippen LogP contribution is 2.44. The molecular weight excluding hydrogens is 296 g/mol. The third kappa shape index (κ3) is 2.59. The molecule has 0 spiro atoms. The van der Waals surface area contributed by atoms with Crippen LogP contribution in [0.5, 0.6) is 0 Å². The van der Waals surface area contributed by atoms with Crippen LogP contribution < -0.4 is 10.9 Å². The largest absolute Gasteiger partial charge is 0.290 e. The van der Waals surface area contributed by atoms with Crippen LogP contribution in [-0.2, 0) is 11.3 Å². The third-order valence-electron chi connectivity index (χ3n) is 4.44. The monoisotopic (exact) mass is 314 g/mol. The summed E-state index contributed by atoms with van der Waals surface area (Å²) in [5.41, 5.74) is 11.5. The molecule has 0 saturated carbocycles. The minimum Gasteiger partial charge on any atom is -0.290 e. The number of benzene rings is 3. The van der Waals surface area contributed by atoms with Crippen LogP contribution in [0.4, 0.5) is 0 Å². The van der Waals surface area contributed by atoms with E-state index < -0.39 is 0 Å². The Morgan fingerprint density at radius 3 is 1.92 bits per heavy atom. The van der Waals surface area contributed by atoms with Gasteiger partial charge in [-0.1, -0.05) is 78.9 Å². The van der Waals surface area contributed by atoms with Gasteiger partial charge in [0.1, 0.15) is 0 Å². The lowest BCUT2D eigenvalue weighted by molar-refractivity contribution is -0.122. The molecule has 0 fully saturated rings. The number of hydrogen-bond donors (Lipinski definition) is 2. The highest BCUT2D eigenvalue weighted by atomic mass is 16.2. The number of hydrogen-bond acceptors (Lipinski definition) is 2. The molecule has 0 atom stereocenters. The van der Waals surface area contributed by atoms with Gasteiger partial charge in [-0.15, -0.1) is 0 Å². The zero-order valence-electron chi connectivity index (χ0n) is 13.2. The van der Waals surface area contributed by atoms with Crippen LogP contribution in [0.1, 0.15) is 22.6 Å². The maximum absolute atomic E-state index is 12.8. The van der Waals surface area contributed by atoms with E-state index in [4.69, 9.17) is 0 Å². The number of rotatable bonds is 4. The molecule has 0 saturated heterocycles. The van der Waals surface area contributed by atoms with Crippen LogP contribution in [-0.4, -0.2) is 5.91 Å². The average molecular weight is 314 g/mol. The number of carbonyl (C=O) groups excluding carboxylic acids is 1. The van der Waals surface area contributed by atoms with Crippen molar-refractivity contribution in [1.82, 2.24) is 10.9 Å². The molecule has 1 aliphatic carbocycles. The van der Waals surface area contributed by atoms with Gasteiger partial charge < -0.3 is 0 Å². The van der Waals surface area contributed by atoms with Crippen LogP contribution >= 0.6 is 0 Å². The predicted molar refractivity (Wildman–Crippen MR) is 95.1 cm³/mol. The zero-order valence-corrected chi connectivity index (χ0v) is 13.2. The zero-order chi connectivity index (χ0) is 16.4. The van der Waals surface area contributed by atoms with Gasteiger partial charge in [-0.05, 0) is 27.8 Å². The summed E-state index contributed by atoms with van der Waals surface area (Å²) < 4.78 is 0. The van der Waals surface area contributed by atoms with E-state index in [1.807, 2.05) is 66.7 Å². The molecule has 3 aromatic carbocycles. The van der Waals surface area contributed by atoms with E-state index in [-0.39, 0.29) is 11.8 Å². The van der Waals surface area contributed by atoms with Gasteiger partial charge in [0.05, 0.1) is 5.92 Å². The van der Waals surface area contributed by atoms with Crippen LogP contribution in [0.25, 0.3) is 11.1 Å². The molecule has 3 nitrogen and oxygen atoms in total. The Balaban J connectivity index is 1.54. The molecule has 0 aromatic heterocycles. The molecule has 3 heteroatoms. The highest BCUT2D eigenvalue weighted by Gasteiger charge is 2.33. The molecule has 1 amide bonds. The number of carbonyl (C=O) groups is 1. The Morgan fingerprint density at radius 2 is 1.29 bits per heavy atom. The second kappa shape index (κ2) is 6.30. The van der Waals surface area contributed by atoms with Crippen LogP contribution in [0, 0.1) is 0 Å². The van der Waals surface area contributed by atoms with Crippen molar-refractivity contribution in [2.75, 3.05) is 0 Å². The van der Waals surface area contributed by atoms with E-state index in [9.17, 15) is 4.79 Å². The highest BCUT2D eigenvalue weighted by molar-refractivity contribution is 5.95. The average Bonchev–Trinajstić information content (AvgIpc) is 2.97. The van der Waals surface area contributed by atoms with Crippen molar-refractivity contribution in [1.29, 1.82) is 0 Å². The van der Waals surface area contributed by atoms with Crippen LogP contribution in [0.2, 0.25) is 0 Å². The molecule has 118 valence electrons. The lowest BCUT2D eigenvalue weighted by Gasteiger charge is -2.14. The Kier molecular flexibility index (Phi) is 3.85. The second-order valence-electron chi connectivity index (χ2n) is 5.94. The molecule has 3 aromatic rings. The molecular formula is C21H18N2O. The first-order chi connectivity index (χ1) is 11.8. The van der Waals surface area contributed by atoms with Gasteiger partial charge in [0, 0.05) is 6.54 Å². The minimum absolute atomic E-state index is 0.0247. The molecule has 0 aliphatic heterocycles. The van der Waals surface area contributed by atoms with Gasteiger partial charge in [0.15, 0.2) is 0 Å². The van der Waals surface area contributed by atoms with Gasteiger partial charge >= 0.3 is 0 Å². The Labute approximate surface area is 141 Å². The van der Waals surface area contributed by atoms with E-state index in [2.05, 4.69) is 23.0 Å². The quantitative estimate of drug-likeness (QED) is 0.722. The van der Waals surface area contributed by atoms with E-state index in [1.54, 1.807) is 0 Å². The Hall–Kier alpha value is -2.91. The molecule has 4 rings (SSSR count). The van der Waals surface area contributed by atoms with E-state index in [1.165, 1.54) is 0 Å². The first-order valence-corrected chi connectivity index (χ1v) is 8.09. The number of amides is 1. The standard InChI is InChI=1S/C21H18N2O/c24-21(23-22-14-15-8-2-1-3-9-15)20-18-12-6-4-10-16(18)17-11-5-7-13-19(17)20/h1-13,20,22H,14H2,(H,23,24). The first kappa shape index (κ1) is 14.7. The summed E-state index contributed by atoms with van der Waals surface area (Å²) in [6.45, 7) is 0.600. The SMILES string of the molecule is O=C(NNCc1ccccc1)C1c2ccccc2-c2ccccc21. The topological polar surface area (TPSA) is 41.1 Å². The van der Waals surface area contributed by atoms with E-state index >= 15 is 0 Å². The summed E-state index contributed by atoms with van der Waals surface area (Å²) in [6, 6.07) is 26.3. The lowest BCUT2D eigenvalue weighted by Crippen LogP contribution is -2.39. The molecule has 0 unspecified atom stereocenters. The smallest absolute Gasteiger partial charge is 0.246 e. The molecule has 0 heterocycles. The fourth-order valence-electron chi connectivity index (χ4n) is 3.34. The lowest BCUT2D eigenvalue weighted by atomic mass is 9.96. The molecule has 2 N–H and O–H groups in total. The van der Waals surface area contributed by atoms with Gasteiger partial charge in [0.2, 0.25) is 5.91 Å². The fourth-order valence-corrected chi connectivity index (χ4v) is 3.34. The number of nitrogens with one attached hydrogen (secondary N) is 2. The summed E-state index contributed by atoms with van der Waals surface area (Å²) in [4.78, 5) is 12.8. The van der Waals surface area contributed by atoms with Gasteiger partial charge in [-0.3, -0.25) is 10.2 Å². The minimum atomic E-state index is -0.263. The molecule has 24 heavy (non-hydrogen) atoms. The van der Waals surface area contributed by atoms with Crippen molar-refractivity contribution in [3.63, 3.8) is 0 Å². The van der Waals surface area contributed by atoms with Gasteiger partial charge in [-0.25, -0.2) is 5.43 Å². The first-order valence-electron chi connectivity index (χ1n) is 8.09. The number of fused-ring (bicyclic) bond motifs is 3. The van der Waals surface area contributed by atoms with Crippen molar-refractivity contribution in [2.24, 2.45) is 0 Å². The van der Waals surface area contributed by atoms with Crippen LogP contribution in [0.3, 0.4) is 0 Å². The predicted octanol–water partition coefficient (Wildman–Crippen LogP) is 3.62. The van der Waals surface area contributed by atoms with Gasteiger partial charge in [0.25, 0.3) is 0 Å². The second-order valence-corrected chi connectivity index (χ2v) is 5.94. The maximum Gasteiger partial charge on any atom is 0.246 e. The molecule has 0 bridgehead atoms. The van der Waals surface area contributed by atoms with E-state index in [0.717, 1.165) is 27.8 Å². The van der Waals surface area contributed by atoms with Crippen molar-refractivity contribution >= 4 is 5.91 Å². The maximum atomic E-state index is 12.8. The summed E-state index contributed by atoms with van der Waals surface area (Å²) in [7, 11) is 0. The van der Waals surface area contributed by atoms with Crippen molar-refractivity contribution < 1.29 is 4.79 Å². The van der Waals surface area contributed by atoms with Crippen LogP contribution in [0.15, 0.2) is 78.9 Å². The summed E-state index contributed by atoms with van der Waals surface area (Å²) >= 11 is 0. The van der Waals surface area contributed by atoms with Gasteiger partial charge in [-0.2, -0.15) is 0 Å². The fraction of sp³-hybridized carbons (Fsp3) is 0.0952. The Bertz CT molecular complexity index is 828. The summed E-state index contributed by atoms with van der Waals surface area (Å²) in [5.74, 6) is -0.288. The third-order valence-corrected chi connectivity index (χ3v) is 4.44. The van der Waals surface area contributed by atoms with Crippen molar-refractivity contribution in [3.05, 3.63) is 95.6 Å². The molecule has 1 aliphatic rings. The summed E-state index contributed by atoms with van der Waals surface area (Å²) in [6.07, 6.45) is 0. The van der Waals surface area contributed by atoms with E-state index in [0.29, 0.717) is 6.54 Å². The van der Waals surface area contributed by atoms with Crippen molar-refractivity contribution in [2.45, 2.75) is 12.5 Å². The normalized spacial score (nSPS) is 12.5. The number of hydrazine groups is 1. The molecule has 0 radical (unpaired) electrons. The summed E-state index contributed by atoms with van der Waals surface area (Å²) in [5, 5.41) is 0.